The van der Waals surface area contributed by atoms with E-state index in [0.29, 0.717) is 12.5 Å². The van der Waals surface area contributed by atoms with Crippen LogP contribution < -0.4 is 4.74 Å². The highest BCUT2D eigenvalue weighted by Crippen LogP contribution is 2.24. The van der Waals surface area contributed by atoms with Crippen LogP contribution in [0.25, 0.3) is 0 Å². The predicted octanol–water partition coefficient (Wildman–Crippen LogP) is 5.08. The molecule has 0 saturated carbocycles. The van der Waals surface area contributed by atoms with Crippen LogP contribution in [0.3, 0.4) is 0 Å². The molecule has 94 valence electrons. The lowest BCUT2D eigenvalue weighted by molar-refractivity contribution is 0.306. The molecule has 0 fully saturated rings. The molecule has 0 aliphatic heterocycles. The van der Waals surface area contributed by atoms with E-state index < -0.39 is 0 Å². The third-order valence-electron chi connectivity index (χ3n) is 2.69. The Kier molecular flexibility index (Phi) is 4.67. The van der Waals surface area contributed by atoms with Crippen LogP contribution in [0.4, 0.5) is 0 Å². The van der Waals surface area contributed by atoms with Crippen molar-refractivity contribution in [1.82, 2.24) is 0 Å². The third kappa shape index (κ3) is 3.50. The molecule has 0 bridgehead atoms. The van der Waals surface area contributed by atoms with E-state index in [0.717, 1.165) is 21.3 Å². The van der Waals surface area contributed by atoms with E-state index in [1.807, 2.05) is 18.2 Å². The molecule has 0 spiro atoms. The maximum absolute atomic E-state index is 5.85. The fourth-order valence-electron chi connectivity index (χ4n) is 1.59. The number of ether oxygens (including phenoxy) is 1. The molecule has 0 saturated heterocycles. The lowest BCUT2D eigenvalue weighted by Gasteiger charge is -2.08. The van der Waals surface area contributed by atoms with E-state index in [-0.39, 0.29) is 0 Å². The molecule has 0 aliphatic rings. The minimum atomic E-state index is 0.475. The normalized spacial score (nSPS) is 10.4. The first-order chi connectivity index (χ1) is 8.69. The first-order valence-corrected chi connectivity index (χ1v) is 7.04. The summed E-state index contributed by atoms with van der Waals surface area (Å²) in [6, 6.07) is 14.2. The van der Waals surface area contributed by atoms with Crippen LogP contribution in [0.5, 0.6) is 5.75 Å². The molecule has 0 heterocycles. The monoisotopic (exact) mass is 324 g/mol. The van der Waals surface area contributed by atoms with Crippen LogP contribution in [-0.2, 0) is 12.5 Å². The summed E-state index contributed by atoms with van der Waals surface area (Å²) in [7, 11) is 0. The average molecular weight is 326 g/mol. The van der Waals surface area contributed by atoms with Crippen molar-refractivity contribution < 1.29 is 4.74 Å². The summed E-state index contributed by atoms with van der Waals surface area (Å²) in [5.74, 6) is 1.32. The molecule has 18 heavy (non-hydrogen) atoms. The minimum Gasteiger partial charge on any atom is -0.489 e. The van der Waals surface area contributed by atoms with E-state index in [1.54, 1.807) is 0 Å². The largest absolute Gasteiger partial charge is 0.489 e. The summed E-state index contributed by atoms with van der Waals surface area (Å²) in [5.41, 5.74) is 3.46. The first kappa shape index (κ1) is 13.4. The van der Waals surface area contributed by atoms with Crippen molar-refractivity contribution in [2.75, 3.05) is 0 Å². The second kappa shape index (κ2) is 6.26. The molecule has 0 aliphatic carbocycles. The minimum absolute atomic E-state index is 0.475. The molecule has 0 amide bonds. The van der Waals surface area contributed by atoms with Gasteiger partial charge in [0.25, 0.3) is 0 Å². The van der Waals surface area contributed by atoms with Gasteiger partial charge in [0.2, 0.25) is 0 Å². The molecule has 0 unspecified atom stereocenters. The van der Waals surface area contributed by atoms with Gasteiger partial charge in [0.05, 0.1) is 0 Å². The van der Waals surface area contributed by atoms with Crippen molar-refractivity contribution >= 4 is 27.5 Å². The quantitative estimate of drug-likeness (QED) is 0.713. The number of hydrogen-bond donors (Lipinski definition) is 0. The zero-order valence-corrected chi connectivity index (χ0v) is 12.5. The van der Waals surface area contributed by atoms with Crippen LogP contribution in [0.1, 0.15) is 16.7 Å². The van der Waals surface area contributed by atoms with Gasteiger partial charge >= 0.3 is 0 Å². The zero-order valence-electron chi connectivity index (χ0n) is 10.1. The Bertz CT molecular complexity index is 523. The molecular weight excluding hydrogens is 312 g/mol. The summed E-state index contributed by atoms with van der Waals surface area (Å²) in [6.45, 7) is 2.65. The van der Waals surface area contributed by atoms with Gasteiger partial charge in [-0.2, -0.15) is 0 Å². The van der Waals surface area contributed by atoms with Gasteiger partial charge in [0.1, 0.15) is 12.4 Å². The van der Waals surface area contributed by atoms with E-state index in [2.05, 4.69) is 47.1 Å². The van der Waals surface area contributed by atoms with Gasteiger partial charge in [-0.1, -0.05) is 45.8 Å². The van der Waals surface area contributed by atoms with Gasteiger partial charge in [-0.15, -0.1) is 11.6 Å². The second-order valence-corrected chi connectivity index (χ2v) is 5.28. The lowest BCUT2D eigenvalue weighted by atomic mass is 10.2. The standard InChI is InChI=1S/C15H14BrClO/c1-11-2-4-12(5-3-11)10-18-14-6-7-15(16)13(8-14)9-17/h2-8H,9-10H2,1H3. The Morgan fingerprint density at radius 2 is 1.83 bits per heavy atom. The number of alkyl halides is 1. The van der Waals surface area contributed by atoms with Crippen molar-refractivity contribution in [1.29, 1.82) is 0 Å². The van der Waals surface area contributed by atoms with Crippen LogP contribution in [-0.4, -0.2) is 0 Å². The second-order valence-electron chi connectivity index (χ2n) is 4.16. The van der Waals surface area contributed by atoms with Crippen LogP contribution in [0, 0.1) is 6.92 Å². The first-order valence-electron chi connectivity index (χ1n) is 5.72. The van der Waals surface area contributed by atoms with Gasteiger partial charge in [0.15, 0.2) is 0 Å². The Hall–Kier alpha value is -0.990. The van der Waals surface area contributed by atoms with Crippen molar-refractivity contribution in [3.05, 3.63) is 63.6 Å². The number of rotatable bonds is 4. The van der Waals surface area contributed by atoms with E-state index >= 15 is 0 Å². The summed E-state index contributed by atoms with van der Waals surface area (Å²) in [6.07, 6.45) is 0. The maximum Gasteiger partial charge on any atom is 0.120 e. The van der Waals surface area contributed by atoms with Gasteiger partial charge in [-0.25, -0.2) is 0 Å². The van der Waals surface area contributed by atoms with E-state index in [9.17, 15) is 0 Å². The number of benzene rings is 2. The Morgan fingerprint density at radius 3 is 2.50 bits per heavy atom. The summed E-state index contributed by atoms with van der Waals surface area (Å²) in [4.78, 5) is 0. The van der Waals surface area contributed by atoms with Gasteiger partial charge in [0, 0.05) is 10.4 Å². The zero-order chi connectivity index (χ0) is 13.0. The third-order valence-corrected chi connectivity index (χ3v) is 3.75. The fourth-order valence-corrected chi connectivity index (χ4v) is 2.36. The average Bonchev–Trinajstić information content (AvgIpc) is 2.39. The highest BCUT2D eigenvalue weighted by Gasteiger charge is 2.02. The molecule has 3 heteroatoms. The van der Waals surface area contributed by atoms with E-state index in [1.165, 1.54) is 5.56 Å². The van der Waals surface area contributed by atoms with Gasteiger partial charge < -0.3 is 4.74 Å². The highest BCUT2D eigenvalue weighted by molar-refractivity contribution is 9.10. The van der Waals surface area contributed by atoms with Crippen molar-refractivity contribution in [2.24, 2.45) is 0 Å². The molecule has 0 aromatic heterocycles. The molecule has 1 nitrogen and oxygen atoms in total. The Morgan fingerprint density at radius 1 is 1.11 bits per heavy atom. The van der Waals surface area contributed by atoms with Crippen LogP contribution in [0.15, 0.2) is 46.9 Å². The predicted molar refractivity (Wildman–Crippen MR) is 79.2 cm³/mol. The van der Waals surface area contributed by atoms with Crippen LogP contribution >= 0.6 is 27.5 Å². The molecule has 2 rings (SSSR count). The molecule has 0 N–H and O–H groups in total. The van der Waals surface area contributed by atoms with Crippen LogP contribution in [0.2, 0.25) is 0 Å². The van der Waals surface area contributed by atoms with Gasteiger partial charge in [-0.05, 0) is 36.2 Å². The molecule has 0 radical (unpaired) electrons. The van der Waals surface area contributed by atoms with Crippen molar-refractivity contribution in [2.45, 2.75) is 19.4 Å². The summed E-state index contributed by atoms with van der Waals surface area (Å²) >= 11 is 9.31. The Balaban J connectivity index is 2.04. The smallest absolute Gasteiger partial charge is 0.120 e. The number of aryl methyl sites for hydroxylation is 1. The molecule has 0 atom stereocenters. The maximum atomic E-state index is 5.85. The fraction of sp³-hybridized carbons (Fsp3) is 0.200. The lowest BCUT2D eigenvalue weighted by Crippen LogP contribution is -1.96. The van der Waals surface area contributed by atoms with Crippen molar-refractivity contribution in [3.63, 3.8) is 0 Å². The number of hydrogen-bond acceptors (Lipinski definition) is 1. The van der Waals surface area contributed by atoms with Gasteiger partial charge in [-0.3, -0.25) is 0 Å². The number of halogens is 2. The summed E-state index contributed by atoms with van der Waals surface area (Å²) < 4.78 is 6.76. The Labute approximate surface area is 121 Å². The molecule has 2 aromatic carbocycles. The SMILES string of the molecule is Cc1ccc(COc2ccc(Br)c(CCl)c2)cc1. The summed E-state index contributed by atoms with van der Waals surface area (Å²) in [5, 5.41) is 0. The molecule has 2 aromatic rings. The van der Waals surface area contributed by atoms with E-state index in [4.69, 9.17) is 16.3 Å². The van der Waals surface area contributed by atoms with Crippen molar-refractivity contribution in [3.8, 4) is 5.75 Å². The highest BCUT2D eigenvalue weighted by atomic mass is 79.9. The topological polar surface area (TPSA) is 9.23 Å². The molecular formula is C15H14BrClO.